The molecule has 0 heterocycles. The van der Waals surface area contributed by atoms with E-state index in [1.54, 1.807) is 42.5 Å². The average Bonchev–Trinajstić information content (AvgIpc) is 2.75. The van der Waals surface area contributed by atoms with Gasteiger partial charge in [0.1, 0.15) is 5.82 Å². The van der Waals surface area contributed by atoms with Gasteiger partial charge >= 0.3 is 5.97 Å². The summed E-state index contributed by atoms with van der Waals surface area (Å²) in [6, 6.07) is 20.1. The van der Waals surface area contributed by atoms with E-state index in [0.717, 1.165) is 0 Å². The number of hydrogen-bond acceptors (Lipinski definition) is 4. The van der Waals surface area contributed by atoms with E-state index in [4.69, 9.17) is 4.74 Å². The quantitative estimate of drug-likeness (QED) is 0.504. The lowest BCUT2D eigenvalue weighted by Crippen LogP contribution is -2.30. The van der Waals surface area contributed by atoms with E-state index < -0.39 is 23.8 Å². The van der Waals surface area contributed by atoms with Crippen molar-refractivity contribution >= 4 is 23.3 Å². The molecule has 0 aromatic heterocycles. The summed E-state index contributed by atoms with van der Waals surface area (Å²) in [5, 5.41) is 2.54. The summed E-state index contributed by atoms with van der Waals surface area (Å²) in [5.41, 5.74) is 1.08. The SMILES string of the molecule is C[C@H](OC(=O)c1ccccc1C(=O)c1ccccc1)C(=O)Nc1ccc(F)cc1. The van der Waals surface area contributed by atoms with Gasteiger partial charge in [-0.15, -0.1) is 0 Å². The second-order valence-electron chi connectivity index (χ2n) is 6.28. The Morgan fingerprint density at radius 2 is 1.41 bits per heavy atom. The van der Waals surface area contributed by atoms with Gasteiger partial charge in [0.2, 0.25) is 0 Å². The van der Waals surface area contributed by atoms with Crippen LogP contribution in [0.1, 0.15) is 33.2 Å². The summed E-state index contributed by atoms with van der Waals surface area (Å²) in [6.07, 6.45) is -1.12. The molecule has 0 bridgehead atoms. The zero-order valence-electron chi connectivity index (χ0n) is 15.6. The van der Waals surface area contributed by atoms with Gasteiger partial charge in [0.25, 0.3) is 5.91 Å². The Labute approximate surface area is 167 Å². The zero-order chi connectivity index (χ0) is 20.8. The number of esters is 1. The highest BCUT2D eigenvalue weighted by atomic mass is 19.1. The van der Waals surface area contributed by atoms with Gasteiger partial charge in [0, 0.05) is 16.8 Å². The Balaban J connectivity index is 1.73. The number of rotatable bonds is 6. The number of benzene rings is 3. The molecule has 1 N–H and O–H groups in total. The monoisotopic (exact) mass is 391 g/mol. The Hall–Kier alpha value is -3.80. The molecule has 3 aromatic rings. The normalized spacial score (nSPS) is 11.4. The number of carbonyl (C=O) groups excluding carboxylic acids is 3. The molecule has 0 aliphatic carbocycles. The second-order valence-corrected chi connectivity index (χ2v) is 6.28. The summed E-state index contributed by atoms with van der Waals surface area (Å²) in [4.78, 5) is 37.6. The molecular formula is C23H18FNO4. The van der Waals surface area contributed by atoms with Gasteiger partial charge in [0.05, 0.1) is 5.56 Å². The third-order valence-corrected chi connectivity index (χ3v) is 4.19. The van der Waals surface area contributed by atoms with Gasteiger partial charge in [0.15, 0.2) is 11.9 Å². The van der Waals surface area contributed by atoms with Crippen LogP contribution < -0.4 is 5.32 Å². The average molecular weight is 391 g/mol. The first-order valence-corrected chi connectivity index (χ1v) is 8.92. The summed E-state index contributed by atoms with van der Waals surface area (Å²) >= 11 is 0. The number of ether oxygens (including phenoxy) is 1. The molecular weight excluding hydrogens is 373 g/mol. The lowest BCUT2D eigenvalue weighted by atomic mass is 9.98. The fourth-order valence-corrected chi connectivity index (χ4v) is 2.66. The van der Waals surface area contributed by atoms with Crippen molar-refractivity contribution < 1.29 is 23.5 Å². The standard InChI is InChI=1S/C23H18FNO4/c1-15(22(27)25-18-13-11-17(24)12-14-18)29-23(28)20-10-6-5-9-19(20)21(26)16-7-3-2-4-8-16/h2-15H,1H3,(H,25,27)/t15-/m0/s1. The number of carbonyl (C=O) groups is 3. The molecule has 0 aliphatic rings. The number of hydrogen-bond donors (Lipinski definition) is 1. The van der Waals surface area contributed by atoms with Crippen LogP contribution in [0.2, 0.25) is 0 Å². The van der Waals surface area contributed by atoms with Gasteiger partial charge in [-0.2, -0.15) is 0 Å². The molecule has 0 radical (unpaired) electrons. The number of nitrogens with one attached hydrogen (secondary N) is 1. The van der Waals surface area contributed by atoms with Crippen molar-refractivity contribution in [3.8, 4) is 0 Å². The predicted octanol–water partition coefficient (Wildman–Crippen LogP) is 4.24. The maximum Gasteiger partial charge on any atom is 0.339 e. The number of anilines is 1. The van der Waals surface area contributed by atoms with Gasteiger partial charge in [-0.3, -0.25) is 9.59 Å². The fraction of sp³-hybridized carbons (Fsp3) is 0.0870. The molecule has 0 spiro atoms. The first-order chi connectivity index (χ1) is 14.0. The molecule has 1 atom stereocenters. The minimum absolute atomic E-state index is 0.0720. The van der Waals surface area contributed by atoms with Crippen molar-refractivity contribution in [1.29, 1.82) is 0 Å². The van der Waals surface area contributed by atoms with E-state index in [9.17, 15) is 18.8 Å². The minimum Gasteiger partial charge on any atom is -0.449 e. The molecule has 3 aromatic carbocycles. The highest BCUT2D eigenvalue weighted by Gasteiger charge is 2.23. The third-order valence-electron chi connectivity index (χ3n) is 4.19. The molecule has 3 rings (SSSR count). The molecule has 0 fully saturated rings. The Morgan fingerprint density at radius 1 is 0.828 bits per heavy atom. The summed E-state index contributed by atoms with van der Waals surface area (Å²) in [5.74, 6) is -2.10. The minimum atomic E-state index is -1.12. The molecule has 0 unspecified atom stereocenters. The van der Waals surface area contributed by atoms with Crippen LogP contribution in [0, 0.1) is 5.82 Å². The van der Waals surface area contributed by atoms with E-state index in [1.165, 1.54) is 43.3 Å². The van der Waals surface area contributed by atoms with Crippen molar-refractivity contribution in [2.45, 2.75) is 13.0 Å². The summed E-state index contributed by atoms with van der Waals surface area (Å²) in [7, 11) is 0. The van der Waals surface area contributed by atoms with E-state index >= 15 is 0 Å². The number of ketones is 1. The highest BCUT2D eigenvalue weighted by molar-refractivity contribution is 6.14. The molecule has 6 heteroatoms. The molecule has 0 saturated carbocycles. The van der Waals surface area contributed by atoms with Crippen molar-refractivity contribution in [2.75, 3.05) is 5.32 Å². The smallest absolute Gasteiger partial charge is 0.339 e. The number of halogens is 1. The lowest BCUT2D eigenvalue weighted by Gasteiger charge is -2.15. The van der Waals surface area contributed by atoms with Crippen molar-refractivity contribution in [2.24, 2.45) is 0 Å². The van der Waals surface area contributed by atoms with Crippen LogP contribution >= 0.6 is 0 Å². The fourth-order valence-electron chi connectivity index (χ4n) is 2.66. The van der Waals surface area contributed by atoms with Crippen molar-refractivity contribution in [3.05, 3.63) is 101 Å². The third kappa shape index (κ3) is 4.93. The van der Waals surface area contributed by atoms with Gasteiger partial charge in [-0.25, -0.2) is 9.18 Å². The largest absolute Gasteiger partial charge is 0.449 e. The van der Waals surface area contributed by atoms with E-state index in [0.29, 0.717) is 11.3 Å². The molecule has 1 amide bonds. The second kappa shape index (κ2) is 8.93. The first-order valence-electron chi connectivity index (χ1n) is 8.92. The van der Waals surface area contributed by atoms with Gasteiger partial charge < -0.3 is 10.1 Å². The Kier molecular flexibility index (Phi) is 6.14. The Morgan fingerprint density at radius 3 is 2.07 bits per heavy atom. The Bertz CT molecular complexity index is 1030. The van der Waals surface area contributed by atoms with Crippen LogP contribution in [0.25, 0.3) is 0 Å². The van der Waals surface area contributed by atoms with E-state index in [-0.39, 0.29) is 16.9 Å². The van der Waals surface area contributed by atoms with Crippen LogP contribution in [0.15, 0.2) is 78.9 Å². The zero-order valence-corrected chi connectivity index (χ0v) is 15.6. The van der Waals surface area contributed by atoms with Gasteiger partial charge in [-0.05, 0) is 37.3 Å². The van der Waals surface area contributed by atoms with Crippen LogP contribution in [0.5, 0.6) is 0 Å². The topological polar surface area (TPSA) is 72.5 Å². The highest BCUT2D eigenvalue weighted by Crippen LogP contribution is 2.17. The predicted molar refractivity (Wildman–Crippen MR) is 106 cm³/mol. The molecule has 5 nitrogen and oxygen atoms in total. The molecule has 146 valence electrons. The summed E-state index contributed by atoms with van der Waals surface area (Å²) in [6.45, 7) is 1.42. The maximum absolute atomic E-state index is 13.0. The van der Waals surface area contributed by atoms with Crippen LogP contribution in [0.3, 0.4) is 0 Å². The first kappa shape index (κ1) is 19.9. The van der Waals surface area contributed by atoms with E-state index in [2.05, 4.69) is 5.32 Å². The molecule has 0 aliphatic heterocycles. The molecule has 0 saturated heterocycles. The molecule has 29 heavy (non-hydrogen) atoms. The van der Waals surface area contributed by atoms with Crippen LogP contribution in [0.4, 0.5) is 10.1 Å². The lowest BCUT2D eigenvalue weighted by molar-refractivity contribution is -0.123. The van der Waals surface area contributed by atoms with Crippen LogP contribution in [-0.4, -0.2) is 23.8 Å². The number of amides is 1. The maximum atomic E-state index is 13.0. The van der Waals surface area contributed by atoms with Gasteiger partial charge in [-0.1, -0.05) is 48.5 Å². The summed E-state index contributed by atoms with van der Waals surface area (Å²) < 4.78 is 18.2. The van der Waals surface area contributed by atoms with E-state index in [1.807, 2.05) is 0 Å². The van der Waals surface area contributed by atoms with Crippen molar-refractivity contribution in [1.82, 2.24) is 0 Å². The van der Waals surface area contributed by atoms with Crippen molar-refractivity contribution in [3.63, 3.8) is 0 Å². The van der Waals surface area contributed by atoms with Crippen LogP contribution in [-0.2, 0) is 9.53 Å².